The predicted octanol–water partition coefficient (Wildman–Crippen LogP) is 4.20. The number of carbonyl (C=O) groups excluding carboxylic acids is 1. The Labute approximate surface area is 147 Å². The number of pyridine rings is 1. The highest BCUT2D eigenvalue weighted by Gasteiger charge is 2.57. The molecule has 3 nitrogen and oxygen atoms in total. The fourth-order valence-electron chi connectivity index (χ4n) is 4.54. The van der Waals surface area contributed by atoms with Gasteiger partial charge in [0.1, 0.15) is 5.82 Å². The molecule has 1 heterocycles. The number of fused-ring (bicyclic) bond motifs is 1. The molecule has 0 saturated heterocycles. The van der Waals surface area contributed by atoms with Gasteiger partial charge in [-0.15, -0.1) is 0 Å². The van der Waals surface area contributed by atoms with Crippen molar-refractivity contribution in [3.05, 3.63) is 65.7 Å². The second-order valence-corrected chi connectivity index (χ2v) is 7.12. The molecular weight excluding hydrogens is 315 g/mol. The molecule has 2 aromatic rings. The first-order valence-corrected chi connectivity index (χ1v) is 9.17. The van der Waals surface area contributed by atoms with E-state index in [0.29, 0.717) is 18.4 Å². The summed E-state index contributed by atoms with van der Waals surface area (Å²) in [6, 6.07) is 11.9. The van der Waals surface area contributed by atoms with Crippen LogP contribution in [0.2, 0.25) is 0 Å². The van der Waals surface area contributed by atoms with Gasteiger partial charge in [0.2, 0.25) is 5.91 Å². The van der Waals surface area contributed by atoms with Gasteiger partial charge in [0.25, 0.3) is 0 Å². The van der Waals surface area contributed by atoms with Crippen molar-refractivity contribution >= 4 is 5.91 Å². The van der Waals surface area contributed by atoms with E-state index >= 15 is 0 Å². The van der Waals surface area contributed by atoms with E-state index in [-0.39, 0.29) is 23.7 Å². The van der Waals surface area contributed by atoms with Gasteiger partial charge < -0.3 is 4.90 Å². The van der Waals surface area contributed by atoms with E-state index in [2.05, 4.69) is 4.98 Å². The minimum absolute atomic E-state index is 0.181. The Morgan fingerprint density at radius 3 is 2.52 bits per heavy atom. The molecule has 4 rings (SSSR count). The van der Waals surface area contributed by atoms with Gasteiger partial charge >= 0.3 is 0 Å². The van der Waals surface area contributed by atoms with Crippen LogP contribution in [0.4, 0.5) is 4.39 Å². The van der Waals surface area contributed by atoms with Crippen LogP contribution in [-0.4, -0.2) is 22.3 Å². The summed E-state index contributed by atoms with van der Waals surface area (Å²) in [7, 11) is 0. The zero-order chi connectivity index (χ0) is 17.4. The zero-order valence-corrected chi connectivity index (χ0v) is 14.4. The summed E-state index contributed by atoms with van der Waals surface area (Å²) in [4.78, 5) is 19.7. The molecule has 1 aromatic heterocycles. The standard InChI is InChI=1S/C21H23FN2O/c1-2-24(21(25)19-16-6-5-7-17(16)19)20(18-8-3-4-13-23-18)14-9-11-15(22)12-10-14/h3-4,8-13,16-17,19-20H,2,5-7H2,1H3. The van der Waals surface area contributed by atoms with E-state index in [0.717, 1.165) is 11.3 Å². The average Bonchev–Trinajstić information content (AvgIpc) is 3.12. The predicted molar refractivity (Wildman–Crippen MR) is 94.2 cm³/mol. The van der Waals surface area contributed by atoms with Crippen molar-refractivity contribution in [3.63, 3.8) is 0 Å². The van der Waals surface area contributed by atoms with Crippen LogP contribution in [0.25, 0.3) is 0 Å². The van der Waals surface area contributed by atoms with Gasteiger partial charge in [-0.1, -0.05) is 24.6 Å². The van der Waals surface area contributed by atoms with E-state index in [1.807, 2.05) is 30.0 Å². The summed E-state index contributed by atoms with van der Waals surface area (Å²) < 4.78 is 13.4. The van der Waals surface area contributed by atoms with Crippen LogP contribution >= 0.6 is 0 Å². The van der Waals surface area contributed by atoms with Crippen LogP contribution in [0.1, 0.15) is 43.5 Å². The van der Waals surface area contributed by atoms with Gasteiger partial charge in [0, 0.05) is 18.7 Å². The second-order valence-electron chi connectivity index (χ2n) is 7.12. The molecular formula is C21H23FN2O. The Bertz CT molecular complexity index is 736. The molecule has 0 aliphatic heterocycles. The number of hydrogen-bond donors (Lipinski definition) is 0. The highest BCUT2D eigenvalue weighted by molar-refractivity contribution is 5.83. The van der Waals surface area contributed by atoms with Gasteiger partial charge in [-0.05, 0) is 61.4 Å². The quantitative estimate of drug-likeness (QED) is 0.818. The van der Waals surface area contributed by atoms with E-state index in [9.17, 15) is 9.18 Å². The highest BCUT2D eigenvalue weighted by atomic mass is 19.1. The Morgan fingerprint density at radius 1 is 1.20 bits per heavy atom. The minimum Gasteiger partial charge on any atom is -0.330 e. The number of nitrogens with zero attached hydrogens (tertiary/aromatic N) is 2. The molecule has 3 unspecified atom stereocenters. The van der Waals surface area contributed by atoms with Crippen LogP contribution in [0.5, 0.6) is 0 Å². The summed E-state index contributed by atoms with van der Waals surface area (Å²) in [5.74, 6) is 1.31. The molecule has 1 aromatic carbocycles. The third-order valence-electron chi connectivity index (χ3n) is 5.78. The van der Waals surface area contributed by atoms with Crippen molar-refractivity contribution < 1.29 is 9.18 Å². The van der Waals surface area contributed by atoms with Crippen molar-refractivity contribution in [3.8, 4) is 0 Å². The zero-order valence-electron chi connectivity index (χ0n) is 14.4. The maximum Gasteiger partial charge on any atom is 0.227 e. The van der Waals surface area contributed by atoms with E-state index in [1.54, 1.807) is 18.3 Å². The summed E-state index contributed by atoms with van der Waals surface area (Å²) in [5, 5.41) is 0. The Morgan fingerprint density at radius 2 is 1.92 bits per heavy atom. The van der Waals surface area contributed by atoms with Gasteiger partial charge in [0.15, 0.2) is 0 Å². The minimum atomic E-state index is -0.269. The number of benzene rings is 1. The number of rotatable bonds is 5. The van der Waals surface area contributed by atoms with Crippen LogP contribution in [0.3, 0.4) is 0 Å². The Kier molecular flexibility index (Phi) is 4.28. The molecule has 25 heavy (non-hydrogen) atoms. The lowest BCUT2D eigenvalue weighted by Gasteiger charge is -2.31. The number of carbonyl (C=O) groups is 1. The Balaban J connectivity index is 1.68. The van der Waals surface area contributed by atoms with Gasteiger partial charge in [0.05, 0.1) is 11.7 Å². The van der Waals surface area contributed by atoms with Crippen LogP contribution in [-0.2, 0) is 4.79 Å². The van der Waals surface area contributed by atoms with Crippen molar-refractivity contribution in [2.24, 2.45) is 17.8 Å². The van der Waals surface area contributed by atoms with E-state index in [4.69, 9.17) is 0 Å². The SMILES string of the molecule is CCN(C(=O)C1C2CCCC21)C(c1ccc(F)cc1)c1ccccn1. The molecule has 0 spiro atoms. The second kappa shape index (κ2) is 6.58. The Hall–Kier alpha value is -2.23. The van der Waals surface area contributed by atoms with Crippen molar-refractivity contribution in [1.29, 1.82) is 0 Å². The number of halogens is 1. The third kappa shape index (κ3) is 2.94. The van der Waals surface area contributed by atoms with Crippen LogP contribution in [0.15, 0.2) is 48.7 Å². The molecule has 0 radical (unpaired) electrons. The number of aromatic nitrogens is 1. The summed E-state index contributed by atoms with van der Waals surface area (Å²) >= 11 is 0. The normalized spacial score (nSPS) is 25.3. The van der Waals surface area contributed by atoms with Gasteiger partial charge in [-0.25, -0.2) is 4.39 Å². The first kappa shape index (κ1) is 16.2. The molecule has 130 valence electrons. The first-order valence-electron chi connectivity index (χ1n) is 9.17. The fourth-order valence-corrected chi connectivity index (χ4v) is 4.54. The first-order chi connectivity index (χ1) is 12.2. The fraction of sp³-hybridized carbons (Fsp3) is 0.429. The van der Waals surface area contributed by atoms with Crippen molar-refractivity contribution in [1.82, 2.24) is 9.88 Å². The van der Waals surface area contributed by atoms with Crippen LogP contribution < -0.4 is 0 Å². The highest BCUT2D eigenvalue weighted by Crippen LogP contribution is 2.58. The van der Waals surface area contributed by atoms with Crippen molar-refractivity contribution in [2.45, 2.75) is 32.2 Å². The van der Waals surface area contributed by atoms with E-state index < -0.39 is 0 Å². The molecule has 2 fully saturated rings. The van der Waals surface area contributed by atoms with E-state index in [1.165, 1.54) is 31.4 Å². The maximum absolute atomic E-state index is 13.4. The number of hydrogen-bond acceptors (Lipinski definition) is 2. The molecule has 2 saturated carbocycles. The summed E-state index contributed by atoms with van der Waals surface area (Å²) in [5.41, 5.74) is 1.73. The smallest absolute Gasteiger partial charge is 0.227 e. The average molecular weight is 338 g/mol. The van der Waals surface area contributed by atoms with Gasteiger partial charge in [-0.3, -0.25) is 9.78 Å². The lowest BCUT2D eigenvalue weighted by Crippen LogP contribution is -2.37. The largest absolute Gasteiger partial charge is 0.330 e. The molecule has 0 bridgehead atoms. The summed E-state index contributed by atoms with van der Waals surface area (Å²) in [6.07, 6.45) is 5.37. The third-order valence-corrected chi connectivity index (χ3v) is 5.78. The lowest BCUT2D eigenvalue weighted by molar-refractivity contribution is -0.135. The molecule has 4 heteroatoms. The number of amides is 1. The van der Waals surface area contributed by atoms with Gasteiger partial charge in [-0.2, -0.15) is 0 Å². The maximum atomic E-state index is 13.4. The molecule has 3 atom stereocenters. The molecule has 0 N–H and O–H groups in total. The molecule has 1 amide bonds. The van der Waals surface area contributed by atoms with Crippen LogP contribution in [0, 0.1) is 23.6 Å². The van der Waals surface area contributed by atoms with Crippen molar-refractivity contribution in [2.75, 3.05) is 6.54 Å². The molecule has 2 aliphatic carbocycles. The topological polar surface area (TPSA) is 33.2 Å². The molecule has 2 aliphatic rings. The lowest BCUT2D eigenvalue weighted by atomic mass is 9.99. The monoisotopic (exact) mass is 338 g/mol. The summed E-state index contributed by atoms with van der Waals surface area (Å²) in [6.45, 7) is 2.63.